The Bertz CT molecular complexity index is 194. The summed E-state index contributed by atoms with van der Waals surface area (Å²) in [6, 6.07) is 0. The second kappa shape index (κ2) is 5.74. The molecular formula is C11H20BrNO. The Morgan fingerprint density at radius 3 is 2.79 bits per heavy atom. The topological polar surface area (TPSA) is 29.1 Å². The average Bonchev–Trinajstić information content (AvgIpc) is 2.50. The van der Waals surface area contributed by atoms with Gasteiger partial charge in [-0.3, -0.25) is 4.79 Å². The SMILES string of the molecule is CC(Br)CCNC(=O)C1CCCC1C. The number of hydrogen-bond donors (Lipinski definition) is 1. The van der Waals surface area contributed by atoms with Crippen molar-refractivity contribution in [3.8, 4) is 0 Å². The molecule has 3 heteroatoms. The molecule has 3 unspecified atom stereocenters. The fourth-order valence-electron chi connectivity index (χ4n) is 2.06. The highest BCUT2D eigenvalue weighted by Gasteiger charge is 2.29. The molecule has 0 aliphatic heterocycles. The summed E-state index contributed by atoms with van der Waals surface area (Å²) >= 11 is 3.47. The largest absolute Gasteiger partial charge is 0.356 e. The van der Waals surface area contributed by atoms with Gasteiger partial charge < -0.3 is 5.32 Å². The van der Waals surface area contributed by atoms with Crippen LogP contribution < -0.4 is 5.32 Å². The van der Waals surface area contributed by atoms with Gasteiger partial charge in [0.15, 0.2) is 0 Å². The van der Waals surface area contributed by atoms with E-state index >= 15 is 0 Å². The van der Waals surface area contributed by atoms with Crippen molar-refractivity contribution in [2.24, 2.45) is 11.8 Å². The van der Waals surface area contributed by atoms with E-state index in [4.69, 9.17) is 0 Å². The van der Waals surface area contributed by atoms with E-state index in [1.807, 2.05) is 0 Å². The summed E-state index contributed by atoms with van der Waals surface area (Å²) in [6.45, 7) is 5.09. The number of carbonyl (C=O) groups is 1. The van der Waals surface area contributed by atoms with E-state index in [1.54, 1.807) is 0 Å². The van der Waals surface area contributed by atoms with Crippen LogP contribution in [0.2, 0.25) is 0 Å². The van der Waals surface area contributed by atoms with E-state index < -0.39 is 0 Å². The first-order valence-corrected chi connectivity index (χ1v) is 6.44. The number of alkyl halides is 1. The number of halogens is 1. The second-order valence-corrected chi connectivity index (χ2v) is 5.94. The van der Waals surface area contributed by atoms with E-state index in [1.165, 1.54) is 12.8 Å². The first-order valence-electron chi connectivity index (χ1n) is 5.53. The lowest BCUT2D eigenvalue weighted by Gasteiger charge is -2.15. The fraction of sp³-hybridized carbons (Fsp3) is 0.909. The fourth-order valence-corrected chi connectivity index (χ4v) is 2.29. The van der Waals surface area contributed by atoms with Gasteiger partial charge in [0.1, 0.15) is 0 Å². The Balaban J connectivity index is 2.21. The maximum absolute atomic E-state index is 11.7. The summed E-state index contributed by atoms with van der Waals surface area (Å²) in [4.78, 5) is 12.2. The molecule has 0 aromatic carbocycles. The Labute approximate surface area is 95.0 Å². The lowest BCUT2D eigenvalue weighted by atomic mass is 9.97. The third-order valence-corrected chi connectivity index (χ3v) is 3.50. The van der Waals surface area contributed by atoms with Gasteiger partial charge in [-0.05, 0) is 25.2 Å². The minimum atomic E-state index is 0.267. The third-order valence-electron chi connectivity index (χ3n) is 3.04. The van der Waals surface area contributed by atoms with Crippen molar-refractivity contribution < 1.29 is 4.79 Å². The van der Waals surface area contributed by atoms with Gasteiger partial charge in [-0.2, -0.15) is 0 Å². The van der Waals surface area contributed by atoms with Crippen LogP contribution in [0, 0.1) is 11.8 Å². The minimum absolute atomic E-state index is 0.267. The molecule has 1 fully saturated rings. The van der Waals surface area contributed by atoms with Gasteiger partial charge >= 0.3 is 0 Å². The van der Waals surface area contributed by atoms with Gasteiger partial charge in [0, 0.05) is 17.3 Å². The standard InChI is InChI=1S/C11H20BrNO/c1-8-4-3-5-10(8)11(14)13-7-6-9(2)12/h8-10H,3-7H2,1-2H3,(H,13,14). The quantitative estimate of drug-likeness (QED) is 0.775. The predicted octanol–water partition coefficient (Wildman–Crippen LogP) is 2.71. The van der Waals surface area contributed by atoms with Crippen LogP contribution in [0.4, 0.5) is 0 Å². The molecule has 1 saturated carbocycles. The molecule has 0 aromatic heterocycles. The number of carbonyl (C=O) groups excluding carboxylic acids is 1. The summed E-state index contributed by atoms with van der Waals surface area (Å²) in [5.74, 6) is 1.13. The Morgan fingerprint density at radius 2 is 2.29 bits per heavy atom. The molecule has 14 heavy (non-hydrogen) atoms. The molecule has 1 amide bonds. The molecule has 82 valence electrons. The van der Waals surface area contributed by atoms with Crippen LogP contribution in [0.15, 0.2) is 0 Å². The van der Waals surface area contributed by atoms with Gasteiger partial charge in [-0.1, -0.05) is 36.2 Å². The first-order chi connectivity index (χ1) is 6.61. The van der Waals surface area contributed by atoms with Gasteiger partial charge in [0.25, 0.3) is 0 Å². The molecule has 1 aliphatic carbocycles. The summed E-state index contributed by atoms with van der Waals surface area (Å²) in [6.07, 6.45) is 4.52. The lowest BCUT2D eigenvalue weighted by Crippen LogP contribution is -2.33. The third kappa shape index (κ3) is 3.60. The summed E-state index contributed by atoms with van der Waals surface area (Å²) < 4.78 is 0. The molecule has 0 radical (unpaired) electrons. The van der Waals surface area contributed by atoms with E-state index in [0.29, 0.717) is 10.7 Å². The maximum atomic E-state index is 11.7. The van der Waals surface area contributed by atoms with Crippen LogP contribution in [0.25, 0.3) is 0 Å². The van der Waals surface area contributed by atoms with Crippen molar-refractivity contribution in [3.05, 3.63) is 0 Å². The van der Waals surface area contributed by atoms with Crippen molar-refractivity contribution in [2.75, 3.05) is 6.54 Å². The smallest absolute Gasteiger partial charge is 0.223 e. The summed E-state index contributed by atoms with van der Waals surface area (Å²) in [5.41, 5.74) is 0. The van der Waals surface area contributed by atoms with E-state index in [-0.39, 0.29) is 11.8 Å². The van der Waals surface area contributed by atoms with Crippen molar-refractivity contribution in [2.45, 2.75) is 44.4 Å². The predicted molar refractivity (Wildman–Crippen MR) is 62.5 cm³/mol. The van der Waals surface area contributed by atoms with Crippen molar-refractivity contribution in [1.82, 2.24) is 5.32 Å². The van der Waals surface area contributed by atoms with E-state index in [2.05, 4.69) is 35.1 Å². The number of nitrogens with one attached hydrogen (secondary N) is 1. The van der Waals surface area contributed by atoms with Crippen LogP contribution in [0.5, 0.6) is 0 Å². The van der Waals surface area contributed by atoms with Crippen molar-refractivity contribution in [1.29, 1.82) is 0 Å². The van der Waals surface area contributed by atoms with Crippen LogP contribution in [0.3, 0.4) is 0 Å². The molecule has 0 heterocycles. The Kier molecular flexibility index (Phi) is 4.93. The van der Waals surface area contributed by atoms with E-state index in [0.717, 1.165) is 19.4 Å². The summed E-state index contributed by atoms with van der Waals surface area (Å²) in [7, 11) is 0. The highest BCUT2D eigenvalue weighted by Crippen LogP contribution is 2.31. The number of hydrogen-bond acceptors (Lipinski definition) is 1. The maximum Gasteiger partial charge on any atom is 0.223 e. The molecular weight excluding hydrogens is 242 g/mol. The van der Waals surface area contributed by atoms with Crippen molar-refractivity contribution in [3.63, 3.8) is 0 Å². The van der Waals surface area contributed by atoms with Crippen LogP contribution >= 0.6 is 15.9 Å². The molecule has 1 N–H and O–H groups in total. The van der Waals surface area contributed by atoms with Gasteiger partial charge in [0.2, 0.25) is 5.91 Å². The van der Waals surface area contributed by atoms with Crippen molar-refractivity contribution >= 4 is 21.8 Å². The Hall–Kier alpha value is -0.0500. The highest BCUT2D eigenvalue weighted by atomic mass is 79.9. The summed E-state index contributed by atoms with van der Waals surface area (Å²) in [5, 5.41) is 3.02. The molecule has 2 nitrogen and oxygen atoms in total. The molecule has 3 atom stereocenters. The van der Waals surface area contributed by atoms with Crippen LogP contribution in [-0.4, -0.2) is 17.3 Å². The van der Waals surface area contributed by atoms with Crippen LogP contribution in [-0.2, 0) is 4.79 Å². The molecule has 0 saturated heterocycles. The van der Waals surface area contributed by atoms with Gasteiger partial charge in [-0.15, -0.1) is 0 Å². The zero-order valence-electron chi connectivity index (χ0n) is 9.05. The molecule has 0 bridgehead atoms. The minimum Gasteiger partial charge on any atom is -0.356 e. The van der Waals surface area contributed by atoms with E-state index in [9.17, 15) is 4.79 Å². The number of amides is 1. The lowest BCUT2D eigenvalue weighted by molar-refractivity contribution is -0.125. The zero-order valence-corrected chi connectivity index (χ0v) is 10.6. The Morgan fingerprint density at radius 1 is 1.57 bits per heavy atom. The molecule has 0 spiro atoms. The average molecular weight is 262 g/mol. The molecule has 1 rings (SSSR count). The molecule has 1 aliphatic rings. The highest BCUT2D eigenvalue weighted by molar-refractivity contribution is 9.09. The normalized spacial score (nSPS) is 28.8. The van der Waals surface area contributed by atoms with Crippen LogP contribution in [0.1, 0.15) is 39.5 Å². The van der Waals surface area contributed by atoms with Gasteiger partial charge in [0.05, 0.1) is 0 Å². The molecule has 0 aromatic rings. The van der Waals surface area contributed by atoms with Gasteiger partial charge in [-0.25, -0.2) is 0 Å². The number of rotatable bonds is 4. The zero-order chi connectivity index (χ0) is 10.6. The monoisotopic (exact) mass is 261 g/mol. The second-order valence-electron chi connectivity index (χ2n) is 4.38. The first kappa shape index (κ1) is 12.0.